The van der Waals surface area contributed by atoms with Gasteiger partial charge < -0.3 is 20.7 Å². The fourth-order valence-corrected chi connectivity index (χ4v) is 5.26. The maximum atomic E-state index is 12.6. The Morgan fingerprint density at radius 3 is 2.61 bits per heavy atom. The summed E-state index contributed by atoms with van der Waals surface area (Å²) in [7, 11) is 1.53. The Balaban J connectivity index is 1.26. The molecule has 0 bridgehead atoms. The number of halogens is 1. The molecule has 1 aliphatic rings. The quantitative estimate of drug-likeness (QED) is 0.226. The van der Waals surface area contributed by atoms with Crippen LogP contribution in [0, 0.1) is 5.92 Å². The Bertz CT molecular complexity index is 873. The number of amides is 1. The van der Waals surface area contributed by atoms with E-state index in [9.17, 15) is 4.79 Å². The smallest absolute Gasteiger partial charge is 0.255 e. The molecule has 3 rings (SSSR count). The number of piperidine rings is 1. The van der Waals surface area contributed by atoms with Crippen LogP contribution in [0.2, 0.25) is 5.02 Å². The van der Waals surface area contributed by atoms with Crippen molar-refractivity contribution in [2.75, 3.05) is 44.8 Å². The minimum Gasteiger partial charge on any atom is -0.496 e. The SMILES string of the molecule is COc1cc(N)c(Cl)cc1C(=O)NCC1CCN(CCCCCCSc2ccccc2)CC1. The zero-order chi connectivity index (χ0) is 23.5. The first-order valence-electron chi connectivity index (χ1n) is 11.9. The molecule has 180 valence electrons. The van der Waals surface area contributed by atoms with Crippen LogP contribution in [0.5, 0.6) is 5.75 Å². The molecule has 1 fully saturated rings. The molecule has 1 saturated heterocycles. The van der Waals surface area contributed by atoms with Crippen LogP contribution < -0.4 is 15.8 Å². The van der Waals surface area contributed by atoms with Crippen molar-refractivity contribution in [3.8, 4) is 5.75 Å². The van der Waals surface area contributed by atoms with Crippen LogP contribution >= 0.6 is 23.4 Å². The van der Waals surface area contributed by atoms with Crippen LogP contribution in [0.4, 0.5) is 5.69 Å². The molecule has 3 N–H and O–H groups in total. The number of nitrogens with one attached hydrogen (secondary N) is 1. The molecule has 0 spiro atoms. The number of benzene rings is 2. The first kappa shape index (κ1) is 25.7. The number of hydrogen-bond donors (Lipinski definition) is 2. The maximum absolute atomic E-state index is 12.6. The van der Waals surface area contributed by atoms with Gasteiger partial charge >= 0.3 is 0 Å². The Labute approximate surface area is 207 Å². The highest BCUT2D eigenvalue weighted by Crippen LogP contribution is 2.29. The van der Waals surface area contributed by atoms with Crippen LogP contribution in [-0.2, 0) is 0 Å². The molecule has 33 heavy (non-hydrogen) atoms. The maximum Gasteiger partial charge on any atom is 0.255 e. The van der Waals surface area contributed by atoms with Crippen molar-refractivity contribution >= 4 is 35.0 Å². The number of thioether (sulfide) groups is 1. The van der Waals surface area contributed by atoms with Crippen LogP contribution in [0.3, 0.4) is 0 Å². The number of anilines is 1. The van der Waals surface area contributed by atoms with E-state index in [0.29, 0.717) is 34.5 Å². The molecule has 1 heterocycles. The number of carbonyl (C=O) groups excluding carboxylic acids is 1. The Morgan fingerprint density at radius 2 is 1.88 bits per heavy atom. The standard InChI is InChI=1S/C26H36ClN3O2S/c1-32-25-18-24(28)23(27)17-22(25)26(31)29-19-20-11-14-30(15-12-20)13-7-2-3-8-16-33-21-9-5-4-6-10-21/h4-6,9-10,17-18,20H,2-3,7-8,11-16,19,28H2,1H3,(H,29,31). The van der Waals surface area contributed by atoms with Crippen LogP contribution in [-0.4, -0.2) is 49.8 Å². The molecular weight excluding hydrogens is 454 g/mol. The summed E-state index contributed by atoms with van der Waals surface area (Å²) in [6, 6.07) is 13.8. The van der Waals surface area contributed by atoms with Crippen molar-refractivity contribution in [2.45, 2.75) is 43.4 Å². The third kappa shape index (κ3) is 8.43. The summed E-state index contributed by atoms with van der Waals surface area (Å²) < 4.78 is 5.29. The fraction of sp³-hybridized carbons (Fsp3) is 0.500. The molecule has 0 unspecified atom stereocenters. The van der Waals surface area contributed by atoms with Gasteiger partial charge in [0.1, 0.15) is 5.75 Å². The van der Waals surface area contributed by atoms with Gasteiger partial charge in [0.2, 0.25) is 0 Å². The van der Waals surface area contributed by atoms with Gasteiger partial charge in [-0.25, -0.2) is 0 Å². The van der Waals surface area contributed by atoms with Crippen LogP contribution in [0.25, 0.3) is 0 Å². The highest BCUT2D eigenvalue weighted by atomic mass is 35.5. The number of ether oxygens (including phenoxy) is 1. The summed E-state index contributed by atoms with van der Waals surface area (Å²) in [5, 5.41) is 3.41. The second-order valence-electron chi connectivity index (χ2n) is 8.64. The van der Waals surface area contributed by atoms with E-state index in [0.717, 1.165) is 25.9 Å². The highest BCUT2D eigenvalue weighted by Gasteiger charge is 2.21. The molecule has 0 atom stereocenters. The van der Waals surface area contributed by atoms with Crippen molar-refractivity contribution in [2.24, 2.45) is 5.92 Å². The van der Waals surface area contributed by atoms with Crippen molar-refractivity contribution in [3.63, 3.8) is 0 Å². The number of nitrogens with zero attached hydrogens (tertiary/aromatic N) is 1. The summed E-state index contributed by atoms with van der Waals surface area (Å²) in [6.07, 6.45) is 7.40. The second-order valence-corrected chi connectivity index (χ2v) is 10.2. The van der Waals surface area contributed by atoms with E-state index in [1.165, 1.54) is 50.0 Å². The Morgan fingerprint density at radius 1 is 1.15 bits per heavy atom. The van der Waals surface area contributed by atoms with Gasteiger partial charge in [0, 0.05) is 17.5 Å². The van der Waals surface area contributed by atoms with E-state index in [2.05, 4.69) is 40.5 Å². The molecule has 1 aliphatic heterocycles. The van der Waals surface area contributed by atoms with Gasteiger partial charge in [-0.3, -0.25) is 4.79 Å². The normalized spacial score (nSPS) is 14.8. The predicted molar refractivity (Wildman–Crippen MR) is 140 cm³/mol. The van der Waals surface area contributed by atoms with E-state index < -0.39 is 0 Å². The number of nitrogen functional groups attached to an aromatic ring is 1. The number of hydrogen-bond acceptors (Lipinski definition) is 5. The number of nitrogens with two attached hydrogens (primary N) is 1. The lowest BCUT2D eigenvalue weighted by Gasteiger charge is -2.32. The Kier molecular flexibility index (Phi) is 10.7. The van der Waals surface area contributed by atoms with E-state index >= 15 is 0 Å². The summed E-state index contributed by atoms with van der Waals surface area (Å²) in [4.78, 5) is 16.6. The average Bonchev–Trinajstić information content (AvgIpc) is 2.84. The molecule has 0 radical (unpaired) electrons. The van der Waals surface area contributed by atoms with Crippen molar-refractivity contribution in [1.82, 2.24) is 10.2 Å². The third-order valence-electron chi connectivity index (χ3n) is 6.20. The zero-order valence-corrected chi connectivity index (χ0v) is 21.1. The first-order chi connectivity index (χ1) is 16.1. The molecule has 2 aromatic rings. The number of rotatable bonds is 12. The van der Waals surface area contributed by atoms with E-state index in [1.807, 2.05) is 11.8 Å². The summed E-state index contributed by atoms with van der Waals surface area (Å²) >= 11 is 8.04. The molecule has 0 aliphatic carbocycles. The van der Waals surface area contributed by atoms with Gasteiger partial charge in [-0.05, 0) is 75.2 Å². The highest BCUT2D eigenvalue weighted by molar-refractivity contribution is 7.99. The molecular formula is C26H36ClN3O2S. The second kappa shape index (κ2) is 13.7. The van der Waals surface area contributed by atoms with Crippen molar-refractivity contribution < 1.29 is 9.53 Å². The molecule has 7 heteroatoms. The van der Waals surface area contributed by atoms with E-state index in [4.69, 9.17) is 22.1 Å². The molecule has 5 nitrogen and oxygen atoms in total. The third-order valence-corrected chi connectivity index (χ3v) is 7.63. The number of unbranched alkanes of at least 4 members (excludes halogenated alkanes) is 3. The average molecular weight is 490 g/mol. The van der Waals surface area contributed by atoms with Gasteiger partial charge in [0.05, 0.1) is 23.4 Å². The van der Waals surface area contributed by atoms with Gasteiger partial charge in [0.15, 0.2) is 0 Å². The summed E-state index contributed by atoms with van der Waals surface area (Å²) in [5.41, 5.74) is 6.64. The van der Waals surface area contributed by atoms with E-state index in [1.54, 1.807) is 12.1 Å². The lowest BCUT2D eigenvalue weighted by atomic mass is 9.96. The molecule has 1 amide bonds. The molecule has 0 saturated carbocycles. The number of methoxy groups -OCH3 is 1. The molecule has 2 aromatic carbocycles. The Hall–Kier alpha value is -1.89. The predicted octanol–water partition coefficient (Wildman–Crippen LogP) is 5.73. The van der Waals surface area contributed by atoms with E-state index in [-0.39, 0.29) is 5.91 Å². The summed E-state index contributed by atoms with van der Waals surface area (Å²) in [5.74, 6) is 2.00. The largest absolute Gasteiger partial charge is 0.496 e. The minimum atomic E-state index is -0.165. The first-order valence-corrected chi connectivity index (χ1v) is 13.2. The van der Waals surface area contributed by atoms with Gasteiger partial charge in [-0.1, -0.05) is 42.6 Å². The lowest BCUT2D eigenvalue weighted by molar-refractivity contribution is 0.0933. The molecule has 0 aromatic heterocycles. The topological polar surface area (TPSA) is 67.6 Å². The lowest BCUT2D eigenvalue weighted by Crippen LogP contribution is -2.39. The minimum absolute atomic E-state index is 0.165. The fourth-order valence-electron chi connectivity index (χ4n) is 4.16. The van der Waals surface area contributed by atoms with Crippen molar-refractivity contribution in [1.29, 1.82) is 0 Å². The van der Waals surface area contributed by atoms with Gasteiger partial charge in [-0.2, -0.15) is 0 Å². The monoisotopic (exact) mass is 489 g/mol. The van der Waals surface area contributed by atoms with Crippen molar-refractivity contribution in [3.05, 3.63) is 53.1 Å². The van der Waals surface area contributed by atoms with Gasteiger partial charge in [-0.15, -0.1) is 11.8 Å². The van der Waals surface area contributed by atoms with Gasteiger partial charge in [0.25, 0.3) is 5.91 Å². The number of likely N-dealkylation sites (tertiary alicyclic amines) is 1. The zero-order valence-electron chi connectivity index (χ0n) is 19.5. The van der Waals surface area contributed by atoms with Crippen LogP contribution in [0.15, 0.2) is 47.4 Å². The summed E-state index contributed by atoms with van der Waals surface area (Å²) in [6.45, 7) is 4.09. The van der Waals surface area contributed by atoms with Crippen LogP contribution in [0.1, 0.15) is 48.9 Å². The number of carbonyl (C=O) groups is 1.